The van der Waals surface area contributed by atoms with Crippen LogP contribution in [0, 0.1) is 5.82 Å². The summed E-state index contributed by atoms with van der Waals surface area (Å²) in [4.78, 5) is 42.2. The average molecular weight is 476 g/mol. The Morgan fingerprint density at radius 3 is 2.59 bits per heavy atom. The van der Waals surface area contributed by atoms with Gasteiger partial charge in [-0.2, -0.15) is 0 Å². The van der Waals surface area contributed by atoms with Gasteiger partial charge in [0.2, 0.25) is 5.91 Å². The Hall–Kier alpha value is -2.85. The second-order valence-corrected chi connectivity index (χ2v) is 9.06. The zero-order chi connectivity index (χ0) is 22.9. The van der Waals surface area contributed by atoms with Crippen molar-refractivity contribution >= 4 is 51.4 Å². The number of benzene rings is 2. The van der Waals surface area contributed by atoms with Crippen LogP contribution >= 0.6 is 23.5 Å². The molecule has 0 radical (unpaired) electrons. The molecule has 2 N–H and O–H groups in total. The van der Waals surface area contributed by atoms with E-state index in [1.165, 1.54) is 29.2 Å². The predicted octanol–water partition coefficient (Wildman–Crippen LogP) is 3.23. The van der Waals surface area contributed by atoms with Gasteiger partial charge in [-0.3, -0.25) is 14.6 Å². The Labute approximate surface area is 193 Å². The van der Waals surface area contributed by atoms with Gasteiger partial charge in [0, 0.05) is 30.2 Å². The molecule has 7 nitrogen and oxygen atoms in total. The highest BCUT2D eigenvalue weighted by molar-refractivity contribution is 8.38. The lowest BCUT2D eigenvalue weighted by Gasteiger charge is -2.22. The summed E-state index contributed by atoms with van der Waals surface area (Å²) < 4.78 is 19.5. The number of esters is 1. The first-order valence-electron chi connectivity index (χ1n) is 9.83. The van der Waals surface area contributed by atoms with Crippen molar-refractivity contribution in [2.24, 2.45) is 10.7 Å². The van der Waals surface area contributed by atoms with Gasteiger partial charge in [-0.15, -0.1) is 0 Å². The molecule has 2 aromatic carbocycles. The van der Waals surface area contributed by atoms with Gasteiger partial charge >= 0.3 is 5.97 Å². The number of rotatable bonds is 9. The van der Waals surface area contributed by atoms with Crippen LogP contribution in [0.4, 0.5) is 10.1 Å². The summed E-state index contributed by atoms with van der Waals surface area (Å²) in [5, 5.41) is 0. The number of aliphatic imine (C=N–C) groups is 1. The molecular formula is C22H22FN3O4S2. The van der Waals surface area contributed by atoms with E-state index in [1.54, 1.807) is 35.7 Å². The van der Waals surface area contributed by atoms with Gasteiger partial charge in [-0.25, -0.2) is 9.18 Å². The minimum absolute atomic E-state index is 0.00957. The Bertz CT molecular complexity index is 1010. The summed E-state index contributed by atoms with van der Waals surface area (Å²) in [6, 6.07) is 12.3. The van der Waals surface area contributed by atoms with E-state index in [2.05, 4.69) is 4.99 Å². The molecule has 0 aromatic heterocycles. The molecule has 0 unspecified atom stereocenters. The minimum Gasteiger partial charge on any atom is -0.452 e. The number of carbonyl (C=O) groups excluding carboxylic acids is 3. The van der Waals surface area contributed by atoms with Gasteiger partial charge in [0.15, 0.2) is 6.61 Å². The van der Waals surface area contributed by atoms with E-state index < -0.39 is 30.2 Å². The van der Waals surface area contributed by atoms with Crippen molar-refractivity contribution in [1.82, 2.24) is 0 Å². The molecule has 0 spiro atoms. The van der Waals surface area contributed by atoms with Crippen LogP contribution in [0.15, 0.2) is 53.5 Å². The summed E-state index contributed by atoms with van der Waals surface area (Å²) in [6.07, 6.45) is -0.0843. The third kappa shape index (κ3) is 6.83. The number of primary amides is 1. The van der Waals surface area contributed by atoms with Gasteiger partial charge in [-0.05, 0) is 35.9 Å². The largest absolute Gasteiger partial charge is 0.452 e. The maximum absolute atomic E-state index is 13.2. The molecule has 1 heterocycles. The van der Waals surface area contributed by atoms with Gasteiger partial charge in [0.1, 0.15) is 10.2 Å². The lowest BCUT2D eigenvalue weighted by atomic mass is 10.1. The fourth-order valence-electron chi connectivity index (χ4n) is 2.91. The summed E-state index contributed by atoms with van der Waals surface area (Å²) >= 11 is 3.25. The van der Waals surface area contributed by atoms with Crippen LogP contribution < -0.4 is 10.6 Å². The van der Waals surface area contributed by atoms with Crippen molar-refractivity contribution < 1.29 is 23.5 Å². The number of carbonyl (C=O) groups is 3. The Morgan fingerprint density at radius 2 is 1.91 bits per heavy atom. The van der Waals surface area contributed by atoms with Crippen molar-refractivity contribution in [2.45, 2.75) is 12.2 Å². The second kappa shape index (κ2) is 11.7. The first-order chi connectivity index (χ1) is 15.4. The fraction of sp³-hybridized carbons (Fsp3) is 0.273. The molecule has 1 aliphatic rings. The summed E-state index contributed by atoms with van der Waals surface area (Å²) in [5.74, 6) is -0.684. The number of nitrogens with zero attached hydrogens (tertiary/aromatic N) is 2. The van der Waals surface area contributed by atoms with Gasteiger partial charge in [0.05, 0.1) is 12.1 Å². The lowest BCUT2D eigenvalue weighted by molar-refractivity contribution is -0.121. The van der Waals surface area contributed by atoms with E-state index in [9.17, 15) is 18.8 Å². The number of amides is 2. The monoisotopic (exact) mass is 475 g/mol. The van der Waals surface area contributed by atoms with E-state index >= 15 is 0 Å². The predicted molar refractivity (Wildman–Crippen MR) is 125 cm³/mol. The topological polar surface area (TPSA) is 102 Å². The Kier molecular flexibility index (Phi) is 8.69. The minimum atomic E-state index is -0.621. The average Bonchev–Trinajstić information content (AvgIpc) is 3.31. The summed E-state index contributed by atoms with van der Waals surface area (Å²) in [5.41, 5.74) is 6.74. The molecule has 0 saturated heterocycles. The lowest BCUT2D eigenvalue weighted by Crippen LogP contribution is -2.37. The third-order valence-electron chi connectivity index (χ3n) is 4.49. The quantitative estimate of drug-likeness (QED) is 0.559. The highest BCUT2D eigenvalue weighted by Crippen LogP contribution is 2.26. The summed E-state index contributed by atoms with van der Waals surface area (Å²) in [7, 11) is 0. The summed E-state index contributed by atoms with van der Waals surface area (Å²) in [6.45, 7) is 0.266. The Balaban J connectivity index is 1.64. The SMILES string of the molecule is NC(=O)CCN(C(=O)COC(=O)c1ccccc1CSC1=NCCS1)c1ccc(F)cc1. The molecule has 0 bridgehead atoms. The molecule has 2 amide bonds. The van der Waals surface area contributed by atoms with Crippen molar-refractivity contribution in [3.8, 4) is 0 Å². The number of nitrogens with two attached hydrogens (primary N) is 1. The van der Waals surface area contributed by atoms with E-state index in [0.29, 0.717) is 17.0 Å². The van der Waals surface area contributed by atoms with E-state index in [0.717, 1.165) is 22.2 Å². The zero-order valence-corrected chi connectivity index (χ0v) is 18.8. The van der Waals surface area contributed by atoms with Gasteiger partial charge in [0.25, 0.3) is 5.91 Å². The first kappa shape index (κ1) is 23.8. The number of halogens is 1. The molecule has 32 heavy (non-hydrogen) atoms. The molecule has 168 valence electrons. The fourth-order valence-corrected chi connectivity index (χ4v) is 4.92. The van der Waals surface area contributed by atoms with Crippen LogP contribution in [0.2, 0.25) is 0 Å². The molecule has 3 rings (SSSR count). The number of anilines is 1. The number of thioether (sulfide) groups is 2. The van der Waals surface area contributed by atoms with E-state index in [4.69, 9.17) is 10.5 Å². The number of hydrogen-bond donors (Lipinski definition) is 1. The molecule has 1 aliphatic heterocycles. The number of hydrogen-bond acceptors (Lipinski definition) is 7. The molecule has 0 aliphatic carbocycles. The molecule has 0 atom stereocenters. The highest BCUT2D eigenvalue weighted by Gasteiger charge is 2.20. The molecule has 0 fully saturated rings. The normalized spacial score (nSPS) is 12.8. The van der Waals surface area contributed by atoms with Crippen LogP contribution in [0.5, 0.6) is 0 Å². The Morgan fingerprint density at radius 1 is 1.16 bits per heavy atom. The van der Waals surface area contributed by atoms with Crippen LogP contribution in [0.25, 0.3) is 0 Å². The maximum atomic E-state index is 13.2. The van der Waals surface area contributed by atoms with Crippen molar-refractivity contribution in [3.63, 3.8) is 0 Å². The third-order valence-corrected chi connectivity index (χ3v) is 6.80. The van der Waals surface area contributed by atoms with E-state index in [-0.39, 0.29) is 13.0 Å². The first-order valence-corrected chi connectivity index (χ1v) is 11.8. The number of ether oxygens (including phenoxy) is 1. The van der Waals surface area contributed by atoms with Gasteiger partial charge < -0.3 is 15.4 Å². The van der Waals surface area contributed by atoms with Crippen molar-refractivity contribution in [2.75, 3.05) is 30.3 Å². The molecule has 0 saturated carbocycles. The highest BCUT2D eigenvalue weighted by atomic mass is 32.2. The smallest absolute Gasteiger partial charge is 0.338 e. The second-order valence-electron chi connectivity index (χ2n) is 6.76. The van der Waals surface area contributed by atoms with Crippen molar-refractivity contribution in [3.05, 3.63) is 65.5 Å². The van der Waals surface area contributed by atoms with Crippen molar-refractivity contribution in [1.29, 1.82) is 0 Å². The standard InChI is InChI=1S/C22H22FN3O4S2/c23-16-5-7-17(8-6-16)26(11-9-19(24)27)20(28)13-30-21(29)18-4-2-1-3-15(18)14-32-22-25-10-12-31-22/h1-8H,9-14H2,(H2,24,27). The van der Waals surface area contributed by atoms with Crippen LogP contribution in [0.1, 0.15) is 22.3 Å². The van der Waals surface area contributed by atoms with Crippen LogP contribution in [-0.4, -0.2) is 47.6 Å². The molecular weight excluding hydrogens is 453 g/mol. The molecule has 2 aromatic rings. The van der Waals surface area contributed by atoms with Gasteiger partial charge in [-0.1, -0.05) is 41.7 Å². The van der Waals surface area contributed by atoms with Crippen LogP contribution in [-0.2, 0) is 20.1 Å². The maximum Gasteiger partial charge on any atom is 0.338 e. The van der Waals surface area contributed by atoms with Crippen LogP contribution in [0.3, 0.4) is 0 Å². The molecule has 10 heteroatoms. The zero-order valence-electron chi connectivity index (χ0n) is 17.2. The van der Waals surface area contributed by atoms with E-state index in [1.807, 2.05) is 12.1 Å².